The molecular formula is C29H26BrCl2N5O3. The van der Waals surface area contributed by atoms with Crippen molar-refractivity contribution in [1.29, 1.82) is 0 Å². The molecule has 8 nitrogen and oxygen atoms in total. The van der Waals surface area contributed by atoms with Gasteiger partial charge in [-0.3, -0.25) is 4.79 Å². The minimum absolute atomic E-state index is 0.249. The second kappa shape index (κ2) is 11.9. The van der Waals surface area contributed by atoms with Gasteiger partial charge in [-0.1, -0.05) is 47.5 Å². The maximum absolute atomic E-state index is 13.8. The molecule has 40 heavy (non-hydrogen) atoms. The van der Waals surface area contributed by atoms with Crippen LogP contribution in [0.15, 0.2) is 76.7 Å². The second-order valence-electron chi connectivity index (χ2n) is 9.16. The van der Waals surface area contributed by atoms with E-state index in [0.717, 1.165) is 22.4 Å². The van der Waals surface area contributed by atoms with Gasteiger partial charge in [0.15, 0.2) is 11.5 Å². The largest absolute Gasteiger partial charge is 0.490 e. The van der Waals surface area contributed by atoms with Crippen molar-refractivity contribution in [2.75, 3.05) is 17.2 Å². The summed E-state index contributed by atoms with van der Waals surface area (Å²) in [6.07, 6.45) is 1.46. The molecule has 11 heteroatoms. The Balaban J connectivity index is 1.53. The van der Waals surface area contributed by atoms with Crippen molar-refractivity contribution in [3.8, 4) is 11.5 Å². The maximum Gasteiger partial charge on any atom is 0.255 e. The first-order chi connectivity index (χ1) is 19.3. The van der Waals surface area contributed by atoms with Gasteiger partial charge in [-0.15, -0.1) is 0 Å². The number of carbonyl (C=O) groups is 1. The molecule has 2 heterocycles. The van der Waals surface area contributed by atoms with E-state index in [1.807, 2.05) is 63.2 Å². The first-order valence-electron chi connectivity index (χ1n) is 12.5. The van der Waals surface area contributed by atoms with Crippen LogP contribution in [-0.2, 0) is 11.4 Å². The highest BCUT2D eigenvalue weighted by atomic mass is 79.9. The molecule has 0 aliphatic carbocycles. The lowest BCUT2D eigenvalue weighted by Crippen LogP contribution is -2.31. The number of benzene rings is 3. The van der Waals surface area contributed by atoms with Crippen LogP contribution < -0.4 is 20.1 Å². The number of halogens is 3. The molecule has 5 rings (SSSR count). The van der Waals surface area contributed by atoms with Crippen LogP contribution in [0, 0.1) is 6.92 Å². The number of amides is 1. The van der Waals surface area contributed by atoms with E-state index in [9.17, 15) is 4.79 Å². The third kappa shape index (κ3) is 5.68. The number of hydrogen-bond donors (Lipinski definition) is 2. The van der Waals surface area contributed by atoms with Crippen LogP contribution in [-0.4, -0.2) is 27.3 Å². The minimum atomic E-state index is -0.581. The Morgan fingerprint density at radius 2 is 1.90 bits per heavy atom. The monoisotopic (exact) mass is 641 g/mol. The summed E-state index contributed by atoms with van der Waals surface area (Å²) in [4.78, 5) is 18.1. The van der Waals surface area contributed by atoms with E-state index in [2.05, 4.69) is 36.6 Å². The minimum Gasteiger partial charge on any atom is -0.490 e. The summed E-state index contributed by atoms with van der Waals surface area (Å²) in [5.41, 5.74) is 4.48. The van der Waals surface area contributed by atoms with Crippen molar-refractivity contribution in [2.24, 2.45) is 0 Å². The van der Waals surface area contributed by atoms with Crippen LogP contribution in [0.5, 0.6) is 11.5 Å². The molecule has 0 saturated heterocycles. The quantitative estimate of drug-likeness (QED) is 0.206. The zero-order valence-corrected chi connectivity index (χ0v) is 25.1. The molecule has 0 fully saturated rings. The van der Waals surface area contributed by atoms with Crippen molar-refractivity contribution in [3.05, 3.63) is 103 Å². The van der Waals surface area contributed by atoms with Gasteiger partial charge in [-0.05, 0) is 83.7 Å². The van der Waals surface area contributed by atoms with Gasteiger partial charge in [-0.25, -0.2) is 4.68 Å². The number of allylic oxidation sites excluding steroid dienone is 1. The highest BCUT2D eigenvalue weighted by Gasteiger charge is 2.34. The molecule has 3 aromatic carbocycles. The maximum atomic E-state index is 13.8. The molecule has 206 valence electrons. The van der Waals surface area contributed by atoms with Gasteiger partial charge in [0.25, 0.3) is 5.91 Å². The topological polar surface area (TPSA) is 90.3 Å². The van der Waals surface area contributed by atoms with Gasteiger partial charge in [-0.2, -0.15) is 10.1 Å². The Morgan fingerprint density at radius 3 is 2.65 bits per heavy atom. The lowest BCUT2D eigenvalue weighted by molar-refractivity contribution is -0.113. The Morgan fingerprint density at radius 1 is 1.10 bits per heavy atom. The normalized spacial score (nSPS) is 14.4. The third-order valence-corrected chi connectivity index (χ3v) is 7.77. The van der Waals surface area contributed by atoms with E-state index < -0.39 is 6.04 Å². The number of rotatable bonds is 8. The van der Waals surface area contributed by atoms with Crippen molar-refractivity contribution >= 4 is 56.7 Å². The van der Waals surface area contributed by atoms with Crippen molar-refractivity contribution < 1.29 is 14.3 Å². The van der Waals surface area contributed by atoms with Gasteiger partial charge in [0.2, 0.25) is 5.95 Å². The first kappa shape index (κ1) is 28.0. The van der Waals surface area contributed by atoms with Gasteiger partial charge in [0.05, 0.1) is 26.7 Å². The number of hydrogen-bond acceptors (Lipinski definition) is 6. The summed E-state index contributed by atoms with van der Waals surface area (Å²) in [6, 6.07) is 16.2. The van der Waals surface area contributed by atoms with Crippen molar-refractivity contribution in [2.45, 2.75) is 33.4 Å². The number of carbonyl (C=O) groups excluding carboxylic acids is 1. The molecule has 0 radical (unpaired) electrons. The number of ether oxygens (including phenoxy) is 2. The number of aryl methyl sites for hydroxylation is 1. The lowest BCUT2D eigenvalue weighted by atomic mass is 9.94. The molecule has 1 atom stereocenters. The summed E-state index contributed by atoms with van der Waals surface area (Å²) in [7, 11) is 0. The van der Waals surface area contributed by atoms with E-state index in [4.69, 9.17) is 32.7 Å². The zero-order chi connectivity index (χ0) is 28.4. The predicted octanol–water partition coefficient (Wildman–Crippen LogP) is 7.56. The number of aromatic nitrogens is 3. The summed E-state index contributed by atoms with van der Waals surface area (Å²) in [6.45, 7) is 6.36. The van der Waals surface area contributed by atoms with E-state index in [1.54, 1.807) is 16.8 Å². The molecular weight excluding hydrogens is 617 g/mol. The summed E-state index contributed by atoms with van der Waals surface area (Å²) in [5.74, 6) is 1.32. The predicted molar refractivity (Wildman–Crippen MR) is 160 cm³/mol. The Hall–Kier alpha value is -3.53. The van der Waals surface area contributed by atoms with Crippen LogP contribution in [0.3, 0.4) is 0 Å². The number of para-hydroxylation sites is 1. The van der Waals surface area contributed by atoms with Gasteiger partial charge in [0.1, 0.15) is 19.0 Å². The molecule has 1 amide bonds. The van der Waals surface area contributed by atoms with Crippen molar-refractivity contribution in [3.63, 3.8) is 0 Å². The number of nitrogens with one attached hydrogen (secondary N) is 2. The van der Waals surface area contributed by atoms with E-state index in [1.165, 1.54) is 6.33 Å². The van der Waals surface area contributed by atoms with Gasteiger partial charge >= 0.3 is 0 Å². The van der Waals surface area contributed by atoms with E-state index in [-0.39, 0.29) is 12.5 Å². The molecule has 0 bridgehead atoms. The first-order valence-corrected chi connectivity index (χ1v) is 14.1. The van der Waals surface area contributed by atoms with Crippen LogP contribution >= 0.6 is 39.1 Å². The summed E-state index contributed by atoms with van der Waals surface area (Å²) in [5, 5.41) is 11.6. The third-order valence-electron chi connectivity index (χ3n) is 6.45. The van der Waals surface area contributed by atoms with E-state index in [0.29, 0.717) is 49.8 Å². The molecule has 1 unspecified atom stereocenters. The summed E-state index contributed by atoms with van der Waals surface area (Å²) >= 11 is 15.9. The second-order valence-corrected chi connectivity index (χ2v) is 10.8. The van der Waals surface area contributed by atoms with Gasteiger partial charge < -0.3 is 20.1 Å². The Bertz CT molecular complexity index is 1620. The number of nitrogens with zero attached hydrogens (tertiary/aromatic N) is 3. The van der Waals surface area contributed by atoms with Crippen LogP contribution in [0.25, 0.3) is 0 Å². The molecule has 4 aromatic rings. The standard InChI is InChI=1S/C29H26BrCl2N5O3/c1-4-39-24-13-19(12-20(30)27(24)40-14-18-9-10-21(31)22(32)11-18)26-25(17(3)35-29-33-15-34-37(26)29)28(38)36-23-8-6-5-7-16(23)2/h5-13,15,26H,4,14H2,1-3H3,(H,36,38)(H,33,34,35). The molecule has 0 spiro atoms. The highest BCUT2D eigenvalue weighted by molar-refractivity contribution is 9.10. The highest BCUT2D eigenvalue weighted by Crippen LogP contribution is 2.43. The number of fused-ring (bicyclic) bond motifs is 1. The van der Waals surface area contributed by atoms with Gasteiger partial charge in [0, 0.05) is 11.4 Å². The van der Waals surface area contributed by atoms with Crippen LogP contribution in [0.2, 0.25) is 10.0 Å². The fourth-order valence-corrected chi connectivity index (χ4v) is 5.42. The Labute approximate surface area is 250 Å². The van der Waals surface area contributed by atoms with Crippen molar-refractivity contribution in [1.82, 2.24) is 14.8 Å². The fourth-order valence-electron chi connectivity index (χ4n) is 4.53. The smallest absolute Gasteiger partial charge is 0.255 e. The Kier molecular flexibility index (Phi) is 8.35. The number of anilines is 2. The molecule has 1 aliphatic rings. The molecule has 1 aromatic heterocycles. The molecule has 0 saturated carbocycles. The lowest BCUT2D eigenvalue weighted by Gasteiger charge is -2.29. The SMILES string of the molecule is CCOc1cc(C2C(C(=O)Nc3ccccc3C)=C(C)Nc3ncnn32)cc(Br)c1OCc1ccc(Cl)c(Cl)c1. The van der Waals surface area contributed by atoms with E-state index >= 15 is 0 Å². The average molecular weight is 643 g/mol. The molecule has 1 aliphatic heterocycles. The zero-order valence-electron chi connectivity index (χ0n) is 22.0. The average Bonchev–Trinajstić information content (AvgIpc) is 3.38. The van der Waals surface area contributed by atoms with Crippen LogP contribution in [0.4, 0.5) is 11.6 Å². The fraction of sp³-hybridized carbons (Fsp3) is 0.207. The molecule has 2 N–H and O–H groups in total. The summed E-state index contributed by atoms with van der Waals surface area (Å²) < 4.78 is 14.5. The van der Waals surface area contributed by atoms with Crippen LogP contribution in [0.1, 0.15) is 36.6 Å².